The lowest BCUT2D eigenvalue weighted by molar-refractivity contribution is -0.0827. The summed E-state index contributed by atoms with van der Waals surface area (Å²) in [5.41, 5.74) is 1.57. The van der Waals surface area contributed by atoms with Crippen molar-refractivity contribution >= 4 is 0 Å². The predicted molar refractivity (Wildman–Crippen MR) is 71.1 cm³/mol. The second-order valence-electron chi connectivity index (χ2n) is 5.38. The SMILES string of the molecule is COc1ccc(C2(C3CCCCN3)COC2)cc1. The molecule has 3 nitrogen and oxygen atoms in total. The highest BCUT2D eigenvalue weighted by Crippen LogP contribution is 2.39. The van der Waals surface area contributed by atoms with Gasteiger partial charge in [0.25, 0.3) is 0 Å². The highest BCUT2D eigenvalue weighted by atomic mass is 16.5. The van der Waals surface area contributed by atoms with Crippen molar-refractivity contribution in [1.82, 2.24) is 5.32 Å². The summed E-state index contributed by atoms with van der Waals surface area (Å²) in [6, 6.07) is 9.06. The van der Waals surface area contributed by atoms with Gasteiger partial charge in [-0.05, 0) is 37.1 Å². The lowest BCUT2D eigenvalue weighted by atomic mass is 9.70. The van der Waals surface area contributed by atoms with Crippen LogP contribution in [-0.4, -0.2) is 32.9 Å². The Balaban J connectivity index is 1.85. The minimum Gasteiger partial charge on any atom is -0.497 e. The van der Waals surface area contributed by atoms with E-state index in [1.165, 1.54) is 24.8 Å². The number of hydrogen-bond donors (Lipinski definition) is 1. The van der Waals surface area contributed by atoms with Crippen LogP contribution < -0.4 is 10.1 Å². The van der Waals surface area contributed by atoms with Crippen LogP contribution in [0.1, 0.15) is 24.8 Å². The van der Waals surface area contributed by atoms with E-state index in [0.717, 1.165) is 25.5 Å². The van der Waals surface area contributed by atoms with E-state index in [1.54, 1.807) is 7.11 Å². The third-order valence-corrected chi connectivity index (χ3v) is 4.36. The highest BCUT2D eigenvalue weighted by molar-refractivity contribution is 5.35. The van der Waals surface area contributed by atoms with Gasteiger partial charge >= 0.3 is 0 Å². The molecule has 2 heterocycles. The van der Waals surface area contributed by atoms with Gasteiger partial charge in [-0.3, -0.25) is 0 Å². The van der Waals surface area contributed by atoms with E-state index >= 15 is 0 Å². The van der Waals surface area contributed by atoms with Crippen molar-refractivity contribution in [3.63, 3.8) is 0 Å². The Kier molecular flexibility index (Phi) is 3.27. The second-order valence-corrected chi connectivity index (χ2v) is 5.38. The van der Waals surface area contributed by atoms with E-state index in [0.29, 0.717) is 6.04 Å². The maximum atomic E-state index is 5.53. The zero-order chi connectivity index (χ0) is 12.4. The molecule has 0 saturated carbocycles. The molecule has 1 N–H and O–H groups in total. The molecule has 1 aromatic carbocycles. The summed E-state index contributed by atoms with van der Waals surface area (Å²) in [6.07, 6.45) is 3.89. The van der Waals surface area contributed by atoms with Crippen LogP contribution in [0.4, 0.5) is 0 Å². The molecular formula is C15H21NO2. The molecule has 2 aliphatic heterocycles. The molecule has 3 heteroatoms. The maximum Gasteiger partial charge on any atom is 0.118 e. The van der Waals surface area contributed by atoms with E-state index < -0.39 is 0 Å². The van der Waals surface area contributed by atoms with Gasteiger partial charge < -0.3 is 14.8 Å². The summed E-state index contributed by atoms with van der Waals surface area (Å²) in [5, 5.41) is 3.68. The van der Waals surface area contributed by atoms with Gasteiger partial charge in [-0.25, -0.2) is 0 Å². The predicted octanol–water partition coefficient (Wildman–Crippen LogP) is 2.11. The first-order valence-electron chi connectivity index (χ1n) is 6.81. The Morgan fingerprint density at radius 3 is 2.50 bits per heavy atom. The van der Waals surface area contributed by atoms with Crippen LogP contribution in [0.2, 0.25) is 0 Å². The van der Waals surface area contributed by atoms with E-state index in [4.69, 9.17) is 9.47 Å². The molecule has 0 aromatic heterocycles. The highest BCUT2D eigenvalue weighted by Gasteiger charge is 2.47. The normalized spacial score (nSPS) is 26.4. The van der Waals surface area contributed by atoms with E-state index in [9.17, 15) is 0 Å². The van der Waals surface area contributed by atoms with Crippen LogP contribution in [0.3, 0.4) is 0 Å². The smallest absolute Gasteiger partial charge is 0.118 e. The number of methoxy groups -OCH3 is 1. The molecule has 1 atom stereocenters. The lowest BCUT2D eigenvalue weighted by Crippen LogP contribution is -2.61. The third kappa shape index (κ3) is 1.91. The summed E-state index contributed by atoms with van der Waals surface area (Å²) >= 11 is 0. The first-order valence-corrected chi connectivity index (χ1v) is 6.81. The Morgan fingerprint density at radius 1 is 1.22 bits per heavy atom. The molecule has 0 amide bonds. The van der Waals surface area contributed by atoms with Crippen molar-refractivity contribution in [1.29, 1.82) is 0 Å². The zero-order valence-electron chi connectivity index (χ0n) is 10.9. The van der Waals surface area contributed by atoms with Crippen LogP contribution in [-0.2, 0) is 10.2 Å². The zero-order valence-corrected chi connectivity index (χ0v) is 10.9. The molecule has 0 spiro atoms. The molecule has 1 aromatic rings. The van der Waals surface area contributed by atoms with Gasteiger partial charge in [-0.2, -0.15) is 0 Å². The van der Waals surface area contributed by atoms with Gasteiger partial charge in [-0.1, -0.05) is 18.6 Å². The number of rotatable bonds is 3. The van der Waals surface area contributed by atoms with Crippen molar-refractivity contribution < 1.29 is 9.47 Å². The fourth-order valence-electron chi connectivity index (χ4n) is 3.14. The van der Waals surface area contributed by atoms with E-state index in [-0.39, 0.29) is 5.41 Å². The van der Waals surface area contributed by atoms with Gasteiger partial charge in [0.05, 0.1) is 25.7 Å². The Morgan fingerprint density at radius 2 is 2.00 bits per heavy atom. The fraction of sp³-hybridized carbons (Fsp3) is 0.600. The molecule has 2 saturated heterocycles. The van der Waals surface area contributed by atoms with Crippen LogP contribution in [0, 0.1) is 0 Å². The Hall–Kier alpha value is -1.06. The van der Waals surface area contributed by atoms with E-state index in [2.05, 4.69) is 29.6 Å². The fourth-order valence-corrected chi connectivity index (χ4v) is 3.14. The second kappa shape index (κ2) is 4.90. The van der Waals surface area contributed by atoms with Crippen LogP contribution >= 0.6 is 0 Å². The Bertz CT molecular complexity index is 391. The summed E-state index contributed by atoms with van der Waals surface area (Å²) in [4.78, 5) is 0. The van der Waals surface area contributed by atoms with Gasteiger partial charge in [0.2, 0.25) is 0 Å². The summed E-state index contributed by atoms with van der Waals surface area (Å²) in [7, 11) is 1.71. The quantitative estimate of drug-likeness (QED) is 0.887. The van der Waals surface area contributed by atoms with Gasteiger partial charge in [0.15, 0.2) is 0 Å². The van der Waals surface area contributed by atoms with Crippen molar-refractivity contribution in [3.05, 3.63) is 29.8 Å². The average Bonchev–Trinajstić information content (AvgIpc) is 2.40. The topological polar surface area (TPSA) is 30.5 Å². The molecule has 3 rings (SSSR count). The Labute approximate surface area is 108 Å². The largest absolute Gasteiger partial charge is 0.497 e. The van der Waals surface area contributed by atoms with Crippen LogP contribution in [0.25, 0.3) is 0 Å². The van der Waals surface area contributed by atoms with Gasteiger partial charge in [-0.15, -0.1) is 0 Å². The molecule has 18 heavy (non-hydrogen) atoms. The summed E-state index contributed by atoms with van der Waals surface area (Å²) < 4.78 is 10.8. The minimum atomic E-state index is 0.187. The van der Waals surface area contributed by atoms with Crippen LogP contribution in [0.5, 0.6) is 5.75 Å². The van der Waals surface area contributed by atoms with Gasteiger partial charge in [0.1, 0.15) is 5.75 Å². The number of ether oxygens (including phenoxy) is 2. The molecule has 98 valence electrons. The van der Waals surface area contributed by atoms with Crippen molar-refractivity contribution in [2.24, 2.45) is 0 Å². The van der Waals surface area contributed by atoms with Crippen molar-refractivity contribution in [3.8, 4) is 5.75 Å². The number of hydrogen-bond acceptors (Lipinski definition) is 3. The first kappa shape index (κ1) is 12.0. The molecule has 2 aliphatic rings. The standard InChI is InChI=1S/C15H21NO2/c1-17-13-7-5-12(6-8-13)15(10-18-11-15)14-4-2-3-9-16-14/h5-8,14,16H,2-4,9-11H2,1H3. The maximum absolute atomic E-state index is 5.53. The molecule has 0 aliphatic carbocycles. The summed E-state index contributed by atoms with van der Waals surface area (Å²) in [6.45, 7) is 2.83. The summed E-state index contributed by atoms with van der Waals surface area (Å²) in [5.74, 6) is 0.922. The molecule has 2 fully saturated rings. The minimum absolute atomic E-state index is 0.187. The number of piperidine rings is 1. The first-order chi connectivity index (χ1) is 8.85. The lowest BCUT2D eigenvalue weighted by Gasteiger charge is -2.49. The van der Waals surface area contributed by atoms with Crippen molar-refractivity contribution in [2.45, 2.75) is 30.7 Å². The third-order valence-electron chi connectivity index (χ3n) is 4.36. The van der Waals surface area contributed by atoms with Crippen molar-refractivity contribution in [2.75, 3.05) is 26.9 Å². The van der Waals surface area contributed by atoms with Gasteiger partial charge in [0, 0.05) is 6.04 Å². The number of benzene rings is 1. The number of nitrogens with one attached hydrogen (secondary N) is 1. The van der Waals surface area contributed by atoms with Crippen LogP contribution in [0.15, 0.2) is 24.3 Å². The van der Waals surface area contributed by atoms with E-state index in [1.807, 2.05) is 0 Å². The molecular weight excluding hydrogens is 226 g/mol. The molecule has 1 unspecified atom stereocenters. The molecule has 0 bridgehead atoms. The monoisotopic (exact) mass is 247 g/mol. The average molecular weight is 247 g/mol. The molecule has 0 radical (unpaired) electrons.